The maximum Gasteiger partial charge on any atom is 0.573 e. The van der Waals surface area contributed by atoms with Crippen LogP contribution in [0.3, 0.4) is 0 Å². The molecule has 100 valence electrons. The lowest BCUT2D eigenvalue weighted by Crippen LogP contribution is -2.22. The molecule has 5 nitrogen and oxygen atoms in total. The number of rotatable bonds is 2. The number of nitrogen functional groups attached to an aromatic ring is 1. The molecule has 0 spiro atoms. The molecular weight excluding hydrogens is 263 g/mol. The van der Waals surface area contributed by atoms with Crippen LogP contribution in [0.1, 0.15) is 0 Å². The van der Waals surface area contributed by atoms with E-state index < -0.39 is 11.9 Å². The Hall–Kier alpha value is -2.51. The fourth-order valence-corrected chi connectivity index (χ4v) is 1.44. The molecule has 0 unspecified atom stereocenters. The second kappa shape index (κ2) is 4.63. The van der Waals surface area contributed by atoms with E-state index in [1.165, 1.54) is 29.1 Å². The van der Waals surface area contributed by atoms with Crippen molar-refractivity contribution >= 4 is 5.82 Å². The summed E-state index contributed by atoms with van der Waals surface area (Å²) in [6, 6.07) is 4.82. The van der Waals surface area contributed by atoms with E-state index in [2.05, 4.69) is 9.72 Å². The molecule has 0 fully saturated rings. The summed E-state index contributed by atoms with van der Waals surface area (Å²) < 4.78 is 40.8. The van der Waals surface area contributed by atoms with E-state index >= 15 is 0 Å². The van der Waals surface area contributed by atoms with Crippen LogP contribution in [0.2, 0.25) is 0 Å². The van der Waals surface area contributed by atoms with Gasteiger partial charge in [-0.2, -0.15) is 0 Å². The van der Waals surface area contributed by atoms with Crippen molar-refractivity contribution in [2.75, 3.05) is 5.73 Å². The van der Waals surface area contributed by atoms with Gasteiger partial charge in [-0.3, -0.25) is 9.36 Å². The van der Waals surface area contributed by atoms with Gasteiger partial charge in [-0.25, -0.2) is 4.98 Å². The summed E-state index contributed by atoms with van der Waals surface area (Å²) in [5, 5.41) is 0. The van der Waals surface area contributed by atoms with Gasteiger partial charge in [0.25, 0.3) is 5.56 Å². The maximum atomic E-state index is 12.0. The van der Waals surface area contributed by atoms with Gasteiger partial charge in [0.05, 0.1) is 0 Å². The van der Waals surface area contributed by atoms with E-state index in [0.29, 0.717) is 5.69 Å². The first kappa shape index (κ1) is 12.9. The quantitative estimate of drug-likeness (QED) is 0.902. The Balaban J connectivity index is 2.33. The van der Waals surface area contributed by atoms with Crippen molar-refractivity contribution in [3.63, 3.8) is 0 Å². The van der Waals surface area contributed by atoms with Gasteiger partial charge >= 0.3 is 6.36 Å². The highest BCUT2D eigenvalue weighted by molar-refractivity contribution is 5.39. The lowest BCUT2D eigenvalue weighted by atomic mass is 10.3. The number of ether oxygens (including phenoxy) is 1. The van der Waals surface area contributed by atoms with E-state index in [1.54, 1.807) is 0 Å². The van der Waals surface area contributed by atoms with Crippen LogP contribution in [0.25, 0.3) is 5.69 Å². The van der Waals surface area contributed by atoms with Crippen LogP contribution in [-0.2, 0) is 0 Å². The molecule has 1 aromatic carbocycles. The molecule has 0 saturated heterocycles. The highest BCUT2D eigenvalue weighted by atomic mass is 19.4. The minimum atomic E-state index is -4.75. The molecule has 1 aromatic heterocycles. The van der Waals surface area contributed by atoms with Gasteiger partial charge in [-0.15, -0.1) is 13.2 Å². The summed E-state index contributed by atoms with van der Waals surface area (Å²) in [5.41, 5.74) is 5.16. The molecule has 0 amide bonds. The molecule has 1 heterocycles. The summed E-state index contributed by atoms with van der Waals surface area (Å²) in [6.45, 7) is 0. The Labute approximate surface area is 105 Å². The number of hydrogen-bond donors (Lipinski definition) is 1. The lowest BCUT2D eigenvalue weighted by molar-refractivity contribution is -0.274. The van der Waals surface area contributed by atoms with Crippen LogP contribution in [0.5, 0.6) is 5.75 Å². The van der Waals surface area contributed by atoms with Gasteiger partial charge in [-0.1, -0.05) is 0 Å². The molecule has 2 N–H and O–H groups in total. The first-order valence-electron chi connectivity index (χ1n) is 5.06. The zero-order valence-corrected chi connectivity index (χ0v) is 9.39. The molecular formula is C11H8F3N3O2. The average Bonchev–Trinajstić information content (AvgIpc) is 2.32. The summed E-state index contributed by atoms with van der Waals surface area (Å²) in [4.78, 5) is 15.2. The summed E-state index contributed by atoms with van der Waals surface area (Å²) in [5.74, 6) is -0.565. The Morgan fingerprint density at radius 1 is 1.21 bits per heavy atom. The van der Waals surface area contributed by atoms with Crippen molar-refractivity contribution in [2.45, 2.75) is 6.36 Å². The predicted molar refractivity (Wildman–Crippen MR) is 60.9 cm³/mol. The van der Waals surface area contributed by atoms with Gasteiger partial charge in [0, 0.05) is 18.1 Å². The van der Waals surface area contributed by atoms with Crippen molar-refractivity contribution in [3.8, 4) is 11.4 Å². The van der Waals surface area contributed by atoms with E-state index in [-0.39, 0.29) is 11.6 Å². The van der Waals surface area contributed by atoms with Gasteiger partial charge in [0.2, 0.25) is 0 Å². The Kier molecular flexibility index (Phi) is 3.16. The molecule has 0 saturated carbocycles. The molecule has 2 rings (SSSR count). The van der Waals surface area contributed by atoms with Crippen molar-refractivity contribution in [2.24, 2.45) is 0 Å². The third-order valence-corrected chi connectivity index (χ3v) is 2.22. The fourth-order valence-electron chi connectivity index (χ4n) is 1.44. The van der Waals surface area contributed by atoms with E-state index in [0.717, 1.165) is 12.1 Å². The number of nitrogens with zero attached hydrogens (tertiary/aromatic N) is 2. The first-order valence-corrected chi connectivity index (χ1v) is 5.06. The first-order chi connectivity index (χ1) is 8.87. The zero-order valence-electron chi connectivity index (χ0n) is 9.39. The largest absolute Gasteiger partial charge is 0.573 e. The highest BCUT2D eigenvalue weighted by Gasteiger charge is 2.30. The topological polar surface area (TPSA) is 70.1 Å². The van der Waals surface area contributed by atoms with Crippen molar-refractivity contribution in [1.29, 1.82) is 0 Å². The molecule has 8 heteroatoms. The number of halogens is 3. The molecule has 0 aliphatic rings. The number of hydrogen-bond acceptors (Lipinski definition) is 4. The van der Waals surface area contributed by atoms with Crippen LogP contribution >= 0.6 is 0 Å². The van der Waals surface area contributed by atoms with Crippen molar-refractivity contribution < 1.29 is 17.9 Å². The second-order valence-electron chi connectivity index (χ2n) is 3.53. The smallest absolute Gasteiger partial charge is 0.406 e. The molecule has 0 bridgehead atoms. The van der Waals surface area contributed by atoms with Crippen molar-refractivity contribution in [1.82, 2.24) is 9.55 Å². The number of aromatic nitrogens is 2. The van der Waals surface area contributed by atoms with E-state index in [9.17, 15) is 18.0 Å². The Bertz CT molecular complexity index is 635. The van der Waals surface area contributed by atoms with Gasteiger partial charge in [0.15, 0.2) is 5.82 Å². The number of benzene rings is 1. The van der Waals surface area contributed by atoms with Crippen LogP contribution in [-0.4, -0.2) is 15.9 Å². The Morgan fingerprint density at radius 3 is 2.42 bits per heavy atom. The number of alkyl halides is 3. The van der Waals surface area contributed by atoms with Crippen LogP contribution in [0, 0.1) is 0 Å². The van der Waals surface area contributed by atoms with E-state index in [4.69, 9.17) is 5.73 Å². The van der Waals surface area contributed by atoms with Crippen molar-refractivity contribution in [3.05, 3.63) is 47.0 Å². The van der Waals surface area contributed by atoms with Gasteiger partial charge in [0.1, 0.15) is 5.75 Å². The SMILES string of the molecule is Nc1nccn(-c2ccc(OC(F)(F)F)cc2)c1=O. The molecule has 0 atom stereocenters. The van der Waals surface area contributed by atoms with E-state index in [1.807, 2.05) is 0 Å². The molecule has 0 aliphatic carbocycles. The minimum Gasteiger partial charge on any atom is -0.406 e. The summed E-state index contributed by atoms with van der Waals surface area (Å²) in [6.07, 6.45) is -2.07. The third-order valence-electron chi connectivity index (χ3n) is 2.22. The normalized spacial score (nSPS) is 11.3. The van der Waals surface area contributed by atoms with Gasteiger partial charge in [-0.05, 0) is 24.3 Å². The molecule has 0 radical (unpaired) electrons. The Morgan fingerprint density at radius 2 is 1.84 bits per heavy atom. The lowest BCUT2D eigenvalue weighted by Gasteiger charge is -2.10. The third kappa shape index (κ3) is 3.03. The molecule has 0 aliphatic heterocycles. The maximum absolute atomic E-state index is 12.0. The van der Waals surface area contributed by atoms with Crippen LogP contribution < -0.4 is 16.0 Å². The highest BCUT2D eigenvalue weighted by Crippen LogP contribution is 2.23. The minimum absolute atomic E-state index is 0.196. The summed E-state index contributed by atoms with van der Waals surface area (Å²) >= 11 is 0. The monoisotopic (exact) mass is 271 g/mol. The number of nitrogens with two attached hydrogens (primary N) is 1. The van der Waals surface area contributed by atoms with Crippen LogP contribution in [0.4, 0.5) is 19.0 Å². The molecule has 19 heavy (non-hydrogen) atoms. The standard InChI is InChI=1S/C11H8F3N3O2/c12-11(13,14)19-8-3-1-7(2-4-8)17-6-5-16-9(15)10(17)18/h1-6H,(H2,15,16). The molecule has 2 aromatic rings. The zero-order chi connectivity index (χ0) is 14.0. The fraction of sp³-hybridized carbons (Fsp3) is 0.0909. The predicted octanol–water partition coefficient (Wildman–Crippen LogP) is 1.71. The summed E-state index contributed by atoms with van der Waals surface area (Å²) in [7, 11) is 0. The second-order valence-corrected chi connectivity index (χ2v) is 3.53. The number of anilines is 1. The van der Waals surface area contributed by atoms with Crippen LogP contribution in [0.15, 0.2) is 41.5 Å². The average molecular weight is 271 g/mol. The van der Waals surface area contributed by atoms with Gasteiger partial charge < -0.3 is 10.5 Å².